The number of nitriles is 1. The second-order valence-corrected chi connectivity index (χ2v) is 5.16. The maximum Gasteiger partial charge on any atom is 0.0994 e. The summed E-state index contributed by atoms with van der Waals surface area (Å²) < 4.78 is 0. The summed E-state index contributed by atoms with van der Waals surface area (Å²) in [6.07, 6.45) is 7.17. The summed E-state index contributed by atoms with van der Waals surface area (Å²) in [7, 11) is 0. The Morgan fingerprint density at radius 3 is 3.06 bits per heavy atom. The van der Waals surface area contributed by atoms with E-state index in [9.17, 15) is 0 Å². The van der Waals surface area contributed by atoms with Gasteiger partial charge >= 0.3 is 0 Å². The van der Waals surface area contributed by atoms with E-state index in [0.717, 1.165) is 24.9 Å². The van der Waals surface area contributed by atoms with Gasteiger partial charge in [-0.05, 0) is 49.4 Å². The number of nitrogens with one attached hydrogen (secondary N) is 1. The van der Waals surface area contributed by atoms with Crippen molar-refractivity contribution in [3.63, 3.8) is 0 Å². The van der Waals surface area contributed by atoms with E-state index in [4.69, 9.17) is 5.26 Å². The van der Waals surface area contributed by atoms with Crippen LogP contribution in [0.4, 0.5) is 0 Å². The van der Waals surface area contributed by atoms with Gasteiger partial charge in [0.25, 0.3) is 0 Å². The minimum atomic E-state index is 0.559. The number of aryl methyl sites for hydroxylation is 1. The highest BCUT2D eigenvalue weighted by Gasteiger charge is 2.20. The van der Waals surface area contributed by atoms with Crippen molar-refractivity contribution in [3.8, 4) is 6.07 Å². The van der Waals surface area contributed by atoms with Crippen molar-refractivity contribution < 1.29 is 0 Å². The Balaban J connectivity index is 1.95. The van der Waals surface area contributed by atoms with E-state index in [1.807, 2.05) is 12.1 Å². The standard InChI is InChI=1S/C16H22N2/c1-2-3-4-10-18-15-9-8-13-6-5-7-14(12-17)16(13)11-15/h5-7,15,18H,2-4,8-11H2,1H3. The van der Waals surface area contributed by atoms with Gasteiger partial charge in [0.05, 0.1) is 11.6 Å². The van der Waals surface area contributed by atoms with Gasteiger partial charge in [-0.15, -0.1) is 0 Å². The fraction of sp³-hybridized carbons (Fsp3) is 0.562. The molecule has 1 unspecified atom stereocenters. The van der Waals surface area contributed by atoms with Crippen molar-refractivity contribution in [3.05, 3.63) is 34.9 Å². The lowest BCUT2D eigenvalue weighted by Gasteiger charge is -2.26. The van der Waals surface area contributed by atoms with Gasteiger partial charge in [0.15, 0.2) is 0 Å². The summed E-state index contributed by atoms with van der Waals surface area (Å²) in [6.45, 7) is 3.35. The minimum Gasteiger partial charge on any atom is -0.314 e. The Hall–Kier alpha value is -1.33. The summed E-state index contributed by atoms with van der Waals surface area (Å²) in [5.74, 6) is 0. The highest BCUT2D eigenvalue weighted by molar-refractivity contribution is 5.44. The molecule has 1 aromatic rings. The van der Waals surface area contributed by atoms with Gasteiger partial charge in [-0.1, -0.05) is 31.9 Å². The highest BCUT2D eigenvalue weighted by Crippen LogP contribution is 2.24. The average molecular weight is 242 g/mol. The first-order valence-corrected chi connectivity index (χ1v) is 7.09. The number of benzene rings is 1. The molecule has 2 rings (SSSR count). The molecule has 1 aromatic carbocycles. The molecular weight excluding hydrogens is 220 g/mol. The number of fused-ring (bicyclic) bond motifs is 1. The molecule has 2 heteroatoms. The summed E-state index contributed by atoms with van der Waals surface area (Å²) in [4.78, 5) is 0. The van der Waals surface area contributed by atoms with Gasteiger partial charge in [0, 0.05) is 6.04 Å². The van der Waals surface area contributed by atoms with E-state index >= 15 is 0 Å². The maximum atomic E-state index is 9.16. The molecule has 2 nitrogen and oxygen atoms in total. The Labute approximate surface area is 110 Å². The Morgan fingerprint density at radius 2 is 2.28 bits per heavy atom. The van der Waals surface area contributed by atoms with Crippen LogP contribution in [0.3, 0.4) is 0 Å². The first-order chi connectivity index (χ1) is 8.85. The number of nitrogens with zero attached hydrogens (tertiary/aromatic N) is 1. The van der Waals surface area contributed by atoms with E-state index in [1.54, 1.807) is 0 Å². The lowest BCUT2D eigenvalue weighted by Crippen LogP contribution is -2.35. The normalized spacial score (nSPS) is 18.1. The monoisotopic (exact) mass is 242 g/mol. The van der Waals surface area contributed by atoms with E-state index in [1.165, 1.54) is 36.8 Å². The van der Waals surface area contributed by atoms with Crippen LogP contribution < -0.4 is 5.32 Å². The number of hydrogen-bond donors (Lipinski definition) is 1. The lowest BCUT2D eigenvalue weighted by atomic mass is 9.85. The zero-order chi connectivity index (χ0) is 12.8. The SMILES string of the molecule is CCCCCNC1CCc2cccc(C#N)c2C1. The molecule has 0 heterocycles. The smallest absolute Gasteiger partial charge is 0.0994 e. The molecule has 1 aliphatic rings. The molecule has 0 aliphatic heterocycles. The third-order valence-electron chi connectivity index (χ3n) is 3.82. The van der Waals surface area contributed by atoms with Gasteiger partial charge < -0.3 is 5.32 Å². The fourth-order valence-corrected chi connectivity index (χ4v) is 2.75. The number of unbranched alkanes of at least 4 members (excludes halogenated alkanes) is 2. The van der Waals surface area contributed by atoms with Crippen molar-refractivity contribution in [1.82, 2.24) is 5.32 Å². The van der Waals surface area contributed by atoms with E-state index in [-0.39, 0.29) is 0 Å². The summed E-state index contributed by atoms with van der Waals surface area (Å²) >= 11 is 0. The first kappa shape index (κ1) is 13.1. The molecular formula is C16H22N2. The van der Waals surface area contributed by atoms with Crippen LogP contribution in [-0.2, 0) is 12.8 Å². The van der Waals surface area contributed by atoms with Crippen LogP contribution in [0, 0.1) is 11.3 Å². The molecule has 0 fully saturated rings. The predicted molar refractivity (Wildman–Crippen MR) is 74.5 cm³/mol. The molecule has 1 atom stereocenters. The Bertz CT molecular complexity index is 431. The largest absolute Gasteiger partial charge is 0.314 e. The van der Waals surface area contributed by atoms with Crippen molar-refractivity contribution in [2.24, 2.45) is 0 Å². The third kappa shape index (κ3) is 3.11. The first-order valence-electron chi connectivity index (χ1n) is 7.09. The van der Waals surface area contributed by atoms with Gasteiger partial charge in [0.1, 0.15) is 0 Å². The summed E-state index contributed by atoms with van der Waals surface area (Å²) in [6, 6.07) is 9.00. The lowest BCUT2D eigenvalue weighted by molar-refractivity contribution is 0.449. The summed E-state index contributed by atoms with van der Waals surface area (Å²) in [5.41, 5.74) is 3.52. The van der Waals surface area contributed by atoms with Gasteiger partial charge in [-0.25, -0.2) is 0 Å². The van der Waals surface area contributed by atoms with Crippen LogP contribution in [0.1, 0.15) is 49.3 Å². The molecule has 0 bridgehead atoms. The van der Waals surface area contributed by atoms with Gasteiger partial charge in [0.2, 0.25) is 0 Å². The highest BCUT2D eigenvalue weighted by atomic mass is 14.9. The molecule has 96 valence electrons. The van der Waals surface area contributed by atoms with Crippen LogP contribution in [0.25, 0.3) is 0 Å². The molecule has 0 aromatic heterocycles. The van der Waals surface area contributed by atoms with E-state index in [2.05, 4.69) is 24.4 Å². The van der Waals surface area contributed by atoms with Crippen LogP contribution >= 0.6 is 0 Å². The molecule has 0 amide bonds. The predicted octanol–water partition coefficient (Wildman–Crippen LogP) is 3.20. The number of hydrogen-bond acceptors (Lipinski definition) is 2. The van der Waals surface area contributed by atoms with Gasteiger partial charge in [-0.3, -0.25) is 0 Å². The molecule has 0 radical (unpaired) electrons. The average Bonchev–Trinajstić information content (AvgIpc) is 2.43. The topological polar surface area (TPSA) is 35.8 Å². The second-order valence-electron chi connectivity index (χ2n) is 5.16. The van der Waals surface area contributed by atoms with Crippen LogP contribution in [0.5, 0.6) is 0 Å². The zero-order valence-corrected chi connectivity index (χ0v) is 11.2. The fourth-order valence-electron chi connectivity index (χ4n) is 2.75. The molecule has 0 spiro atoms. The Morgan fingerprint density at radius 1 is 1.39 bits per heavy atom. The number of rotatable bonds is 5. The second kappa shape index (κ2) is 6.56. The molecule has 1 aliphatic carbocycles. The Kier molecular flexibility index (Phi) is 4.78. The minimum absolute atomic E-state index is 0.559. The third-order valence-corrected chi connectivity index (χ3v) is 3.82. The van der Waals surface area contributed by atoms with Crippen LogP contribution in [-0.4, -0.2) is 12.6 Å². The molecule has 0 saturated carbocycles. The van der Waals surface area contributed by atoms with Crippen LogP contribution in [0.15, 0.2) is 18.2 Å². The molecule has 0 saturated heterocycles. The molecule has 1 N–H and O–H groups in total. The quantitative estimate of drug-likeness (QED) is 0.805. The van der Waals surface area contributed by atoms with Crippen molar-refractivity contribution >= 4 is 0 Å². The van der Waals surface area contributed by atoms with Crippen molar-refractivity contribution in [2.75, 3.05) is 6.54 Å². The molecule has 18 heavy (non-hydrogen) atoms. The van der Waals surface area contributed by atoms with E-state index < -0.39 is 0 Å². The van der Waals surface area contributed by atoms with Gasteiger partial charge in [-0.2, -0.15) is 5.26 Å². The van der Waals surface area contributed by atoms with Crippen LogP contribution in [0.2, 0.25) is 0 Å². The maximum absolute atomic E-state index is 9.16. The van der Waals surface area contributed by atoms with Crippen molar-refractivity contribution in [2.45, 2.75) is 51.5 Å². The van der Waals surface area contributed by atoms with E-state index in [0.29, 0.717) is 6.04 Å². The summed E-state index contributed by atoms with van der Waals surface area (Å²) in [5, 5.41) is 12.8. The van der Waals surface area contributed by atoms with Crippen molar-refractivity contribution in [1.29, 1.82) is 5.26 Å². The zero-order valence-electron chi connectivity index (χ0n) is 11.2.